The maximum absolute atomic E-state index is 12.9. The van der Waals surface area contributed by atoms with E-state index in [1.54, 1.807) is 30.3 Å². The van der Waals surface area contributed by atoms with Gasteiger partial charge in [0.1, 0.15) is 11.3 Å². The molecule has 0 aliphatic carbocycles. The Bertz CT molecular complexity index is 953. The van der Waals surface area contributed by atoms with Crippen molar-refractivity contribution in [3.8, 4) is 5.75 Å². The first-order valence-electron chi connectivity index (χ1n) is 8.83. The molecule has 1 aliphatic heterocycles. The van der Waals surface area contributed by atoms with Gasteiger partial charge in [0.25, 0.3) is 11.8 Å². The smallest absolute Gasteiger partial charge is 0.335 e. The molecule has 0 unspecified atom stereocenters. The van der Waals surface area contributed by atoms with Gasteiger partial charge in [-0.2, -0.15) is 0 Å². The Morgan fingerprint density at radius 3 is 2.46 bits per heavy atom. The minimum atomic E-state index is -0.807. The monoisotopic (exact) mass is 398 g/mol. The second-order valence-corrected chi connectivity index (χ2v) is 6.75. The van der Waals surface area contributed by atoms with Gasteiger partial charge in [0.05, 0.1) is 11.8 Å². The Balaban J connectivity index is 1.99. The number of anilines is 1. The van der Waals surface area contributed by atoms with Crippen LogP contribution in [0.15, 0.2) is 54.1 Å². The Kier molecular flexibility index (Phi) is 5.80. The lowest BCUT2D eigenvalue weighted by atomic mass is 10.1. The lowest BCUT2D eigenvalue weighted by Crippen LogP contribution is -2.54. The fourth-order valence-electron chi connectivity index (χ4n) is 2.64. The van der Waals surface area contributed by atoms with Crippen LogP contribution in [0, 0.1) is 0 Å². The zero-order valence-electron chi connectivity index (χ0n) is 15.4. The van der Waals surface area contributed by atoms with Crippen LogP contribution in [0.1, 0.15) is 25.8 Å². The normalized spacial score (nSPS) is 16.9. The minimum Gasteiger partial charge on any atom is -0.490 e. The van der Waals surface area contributed by atoms with E-state index in [0.717, 1.165) is 11.3 Å². The highest BCUT2D eigenvalue weighted by Gasteiger charge is 2.36. The second-order valence-electron chi connectivity index (χ2n) is 6.31. The van der Waals surface area contributed by atoms with Crippen LogP contribution in [-0.4, -0.2) is 23.9 Å². The van der Waals surface area contributed by atoms with Gasteiger partial charge in [-0.1, -0.05) is 36.7 Å². The van der Waals surface area contributed by atoms with Crippen molar-refractivity contribution < 1.29 is 19.1 Å². The van der Waals surface area contributed by atoms with Crippen LogP contribution in [-0.2, 0) is 9.59 Å². The number of carbonyl (C=O) groups excluding carboxylic acids is 3. The van der Waals surface area contributed by atoms with E-state index < -0.39 is 17.8 Å². The molecule has 2 aromatic carbocycles. The van der Waals surface area contributed by atoms with Crippen molar-refractivity contribution >= 4 is 41.2 Å². The van der Waals surface area contributed by atoms with E-state index in [-0.39, 0.29) is 11.7 Å². The molecule has 0 saturated carbocycles. The van der Waals surface area contributed by atoms with Crippen LogP contribution in [0.5, 0.6) is 5.75 Å². The first-order valence-corrected chi connectivity index (χ1v) is 9.21. The highest BCUT2D eigenvalue weighted by molar-refractivity contribution is 6.39. The van der Waals surface area contributed by atoms with Crippen LogP contribution in [0.25, 0.3) is 6.08 Å². The summed E-state index contributed by atoms with van der Waals surface area (Å²) in [6, 6.07) is 12.5. The molecule has 144 valence electrons. The highest BCUT2D eigenvalue weighted by Crippen LogP contribution is 2.27. The second kappa shape index (κ2) is 8.27. The van der Waals surface area contributed by atoms with E-state index in [4.69, 9.17) is 16.3 Å². The molecule has 6 nitrogen and oxygen atoms in total. The number of urea groups is 1. The maximum Gasteiger partial charge on any atom is 0.335 e. The Morgan fingerprint density at radius 2 is 1.79 bits per heavy atom. The number of ether oxygens (including phenoxy) is 1. The van der Waals surface area contributed by atoms with Crippen LogP contribution >= 0.6 is 11.6 Å². The van der Waals surface area contributed by atoms with Gasteiger partial charge in [-0.3, -0.25) is 14.9 Å². The van der Waals surface area contributed by atoms with Crippen molar-refractivity contribution in [2.24, 2.45) is 0 Å². The van der Waals surface area contributed by atoms with Gasteiger partial charge in [-0.25, -0.2) is 9.69 Å². The molecule has 7 heteroatoms. The summed E-state index contributed by atoms with van der Waals surface area (Å²) in [6.45, 7) is 3.93. The summed E-state index contributed by atoms with van der Waals surface area (Å²) in [6.07, 6.45) is 2.22. The summed E-state index contributed by atoms with van der Waals surface area (Å²) in [7, 11) is 0. The van der Waals surface area contributed by atoms with E-state index in [1.807, 2.05) is 19.9 Å². The lowest BCUT2D eigenvalue weighted by molar-refractivity contribution is -0.122. The number of nitrogens with zero attached hydrogens (tertiary/aromatic N) is 1. The standard InChI is InChI=1S/C21H19ClN2O4/c1-3-13(2)28-18-7-5-4-6-14(18)12-17-19(25)23-21(27)24(20(17)26)16-10-8-15(22)9-11-16/h4-13H,3H2,1-2H3,(H,23,25,27)/b17-12+/t13-/m1/s1. The van der Waals surface area contributed by atoms with Crippen molar-refractivity contribution in [3.05, 3.63) is 64.7 Å². The third kappa shape index (κ3) is 4.07. The van der Waals surface area contributed by atoms with Crippen LogP contribution in [0.2, 0.25) is 5.02 Å². The molecule has 1 fully saturated rings. The molecule has 0 aromatic heterocycles. The van der Waals surface area contributed by atoms with Gasteiger partial charge in [-0.15, -0.1) is 0 Å². The quantitative estimate of drug-likeness (QED) is 0.605. The molecule has 1 atom stereocenters. The number of carbonyl (C=O) groups is 3. The fourth-order valence-corrected chi connectivity index (χ4v) is 2.77. The highest BCUT2D eigenvalue weighted by atomic mass is 35.5. The molecule has 1 aliphatic rings. The van der Waals surface area contributed by atoms with Crippen LogP contribution < -0.4 is 15.0 Å². The van der Waals surface area contributed by atoms with Gasteiger partial charge in [-0.05, 0) is 49.8 Å². The summed E-state index contributed by atoms with van der Waals surface area (Å²) in [4.78, 5) is 38.4. The number of rotatable bonds is 5. The number of benzene rings is 2. The van der Waals surface area contributed by atoms with E-state index in [9.17, 15) is 14.4 Å². The van der Waals surface area contributed by atoms with Crippen molar-refractivity contribution in [3.63, 3.8) is 0 Å². The third-order valence-electron chi connectivity index (χ3n) is 4.31. The number of hydrogen-bond acceptors (Lipinski definition) is 4. The molecule has 2 aromatic rings. The number of halogens is 1. The van der Waals surface area contributed by atoms with E-state index in [0.29, 0.717) is 22.0 Å². The van der Waals surface area contributed by atoms with Crippen molar-refractivity contribution in [1.29, 1.82) is 0 Å². The first kappa shape index (κ1) is 19.6. The predicted octanol–water partition coefficient (Wildman–Crippen LogP) is 4.18. The molecule has 1 heterocycles. The number of barbiturate groups is 1. The van der Waals surface area contributed by atoms with E-state index >= 15 is 0 Å². The van der Waals surface area contributed by atoms with Crippen LogP contribution in [0.4, 0.5) is 10.5 Å². The molecule has 1 N–H and O–H groups in total. The Labute approximate surface area is 167 Å². The first-order chi connectivity index (χ1) is 13.4. The SMILES string of the molecule is CC[C@@H](C)Oc1ccccc1/C=C1\C(=O)NC(=O)N(c2ccc(Cl)cc2)C1=O. The molecule has 0 bridgehead atoms. The van der Waals surface area contributed by atoms with Gasteiger partial charge in [0.15, 0.2) is 0 Å². The van der Waals surface area contributed by atoms with Gasteiger partial charge < -0.3 is 4.74 Å². The molecule has 0 spiro atoms. The minimum absolute atomic E-state index is 0.0254. The molecular weight excluding hydrogens is 380 g/mol. The zero-order valence-corrected chi connectivity index (χ0v) is 16.2. The van der Waals surface area contributed by atoms with Gasteiger partial charge >= 0.3 is 6.03 Å². The summed E-state index contributed by atoms with van der Waals surface area (Å²) < 4.78 is 5.87. The number of para-hydroxylation sites is 1. The van der Waals surface area contributed by atoms with E-state index in [2.05, 4.69) is 5.32 Å². The largest absolute Gasteiger partial charge is 0.490 e. The summed E-state index contributed by atoms with van der Waals surface area (Å²) in [5.74, 6) is -0.909. The molecule has 4 amide bonds. The number of imide groups is 2. The molecule has 3 rings (SSSR count). The van der Waals surface area contributed by atoms with Crippen LogP contribution in [0.3, 0.4) is 0 Å². The topological polar surface area (TPSA) is 75.7 Å². The third-order valence-corrected chi connectivity index (χ3v) is 4.56. The molecular formula is C21H19ClN2O4. The summed E-state index contributed by atoms with van der Waals surface area (Å²) >= 11 is 5.87. The molecule has 1 saturated heterocycles. The predicted molar refractivity (Wildman–Crippen MR) is 107 cm³/mol. The number of nitrogens with one attached hydrogen (secondary N) is 1. The van der Waals surface area contributed by atoms with E-state index in [1.165, 1.54) is 18.2 Å². The zero-order chi connectivity index (χ0) is 20.3. The number of hydrogen-bond donors (Lipinski definition) is 1. The molecule has 0 radical (unpaired) electrons. The average Bonchev–Trinajstić information content (AvgIpc) is 2.67. The Hall–Kier alpha value is -3.12. The van der Waals surface area contributed by atoms with Crippen molar-refractivity contribution in [1.82, 2.24) is 5.32 Å². The fraction of sp³-hybridized carbons (Fsp3) is 0.190. The summed E-state index contributed by atoms with van der Waals surface area (Å²) in [5, 5.41) is 2.67. The van der Waals surface area contributed by atoms with Crippen molar-refractivity contribution in [2.45, 2.75) is 26.4 Å². The summed E-state index contributed by atoms with van der Waals surface area (Å²) in [5.41, 5.74) is 0.732. The lowest BCUT2D eigenvalue weighted by Gasteiger charge is -2.26. The average molecular weight is 399 g/mol. The van der Waals surface area contributed by atoms with Crippen molar-refractivity contribution in [2.75, 3.05) is 4.90 Å². The molecule has 28 heavy (non-hydrogen) atoms. The van der Waals surface area contributed by atoms with Gasteiger partial charge in [0, 0.05) is 10.6 Å². The maximum atomic E-state index is 12.9. The van der Waals surface area contributed by atoms with Gasteiger partial charge in [0.2, 0.25) is 0 Å². The Morgan fingerprint density at radius 1 is 1.11 bits per heavy atom. The number of amides is 4.